The molecule has 0 saturated carbocycles. The second-order valence-electron chi connectivity index (χ2n) is 7.19. The van der Waals surface area contributed by atoms with Gasteiger partial charge in [-0.2, -0.15) is 0 Å². The number of amides is 2. The molecule has 13 heteroatoms. The minimum Gasteiger partial charge on any atom is -1.00 e. The van der Waals surface area contributed by atoms with E-state index < -0.39 is 16.7 Å². The number of nitrogens with zero attached hydrogens (tertiary/aromatic N) is 3. The van der Waals surface area contributed by atoms with Crippen molar-refractivity contribution in [2.75, 3.05) is 36.0 Å². The van der Waals surface area contributed by atoms with Crippen molar-refractivity contribution in [2.24, 2.45) is 0 Å². The summed E-state index contributed by atoms with van der Waals surface area (Å²) < 4.78 is 0.740. The van der Waals surface area contributed by atoms with E-state index in [9.17, 15) is 19.7 Å². The van der Waals surface area contributed by atoms with E-state index >= 15 is 0 Å². The van der Waals surface area contributed by atoms with Crippen LogP contribution in [0.1, 0.15) is 5.69 Å². The Morgan fingerprint density at radius 2 is 1.94 bits per heavy atom. The molecule has 0 aliphatic carbocycles. The third-order valence-electron chi connectivity index (χ3n) is 5.14. The Bertz CT molecular complexity index is 1170. The van der Waals surface area contributed by atoms with Gasteiger partial charge in [-0.05, 0) is 36.5 Å². The van der Waals surface area contributed by atoms with Crippen LogP contribution in [-0.4, -0.2) is 48.0 Å². The zero-order chi connectivity index (χ0) is 22.8. The smallest absolute Gasteiger partial charge is 0.500 e. The Kier molecular flexibility index (Phi) is 7.74. The molecule has 3 heterocycles. The van der Waals surface area contributed by atoms with Gasteiger partial charge >= 0.3 is 5.82 Å². The number of carbonyl (C=O) groups is 2. The lowest BCUT2D eigenvalue weighted by atomic mass is 10.1. The number of halogens is 2. The molecule has 2 aliphatic rings. The molecule has 1 aromatic heterocycles. The van der Waals surface area contributed by atoms with E-state index in [4.69, 9.17) is 12.2 Å². The molecule has 33 heavy (non-hydrogen) atoms. The Morgan fingerprint density at radius 1 is 1.21 bits per heavy atom. The molecule has 10 nitrogen and oxygen atoms in total. The number of H-pyrrole nitrogens is 1. The van der Waals surface area contributed by atoms with Gasteiger partial charge < -0.3 is 22.6 Å². The fraction of sp³-hybridized carbons (Fsp3) is 0.200. The number of hydrogen-bond donors (Lipinski definition) is 2. The minimum atomic E-state index is -0.663. The van der Waals surface area contributed by atoms with E-state index in [1.165, 1.54) is 17.0 Å². The average molecular weight is 555 g/mol. The molecular weight excluding hydrogens is 536 g/mol. The standard InChI is InChI=1S/C20H17BrN6O4S.ClH/c21-12-2-1-3-13(10-12)26-19(29)14(18(28)24-20(26)32)11-15-16(25-8-6-22-7-9-25)4-5-17(23-15)27(30)31;/h1-5,10-11,22H,6-9H2,(H,24,28,32);1H/p+1/b14-11-;. The van der Waals surface area contributed by atoms with Crippen LogP contribution in [0, 0.1) is 10.1 Å². The van der Waals surface area contributed by atoms with Gasteiger partial charge in [0.25, 0.3) is 11.8 Å². The third-order valence-corrected chi connectivity index (χ3v) is 5.92. The molecule has 0 bridgehead atoms. The molecule has 2 fully saturated rings. The zero-order valence-corrected chi connectivity index (χ0v) is 20.2. The first kappa shape index (κ1) is 24.7. The second kappa shape index (κ2) is 10.3. The highest BCUT2D eigenvalue weighted by Gasteiger charge is 2.36. The van der Waals surface area contributed by atoms with Crippen molar-refractivity contribution in [1.29, 1.82) is 0 Å². The molecular formula is C20H19BrClN6O4S+. The SMILES string of the molecule is O=C1NC(=S)N(c2cccc(Br)c2)C(=O)/C1=C\c1[nH+]c([N+](=O)[O-])ccc1N1CC[NH2+]CC1.[Cl-]. The number of aromatic amines is 1. The van der Waals surface area contributed by atoms with Crippen molar-refractivity contribution in [3.8, 4) is 0 Å². The summed E-state index contributed by atoms with van der Waals surface area (Å²) in [5.74, 6) is -1.52. The number of aromatic nitrogens is 1. The minimum absolute atomic E-state index is 0. The maximum Gasteiger partial charge on any atom is 0.500 e. The molecule has 0 spiro atoms. The fourth-order valence-corrected chi connectivity index (χ4v) is 4.29. The van der Waals surface area contributed by atoms with Gasteiger partial charge in [-0.3, -0.25) is 29.9 Å². The van der Waals surface area contributed by atoms with E-state index in [1.807, 2.05) is 0 Å². The number of benzene rings is 1. The number of thiocarbonyl (C=S) groups is 1. The molecule has 2 aromatic rings. The van der Waals surface area contributed by atoms with Gasteiger partial charge in [0, 0.05) is 10.5 Å². The average Bonchev–Trinajstić information content (AvgIpc) is 2.77. The molecule has 2 aliphatic heterocycles. The monoisotopic (exact) mass is 553 g/mol. The lowest BCUT2D eigenvalue weighted by Gasteiger charge is -2.29. The van der Waals surface area contributed by atoms with Gasteiger partial charge in [-0.25, -0.2) is 0 Å². The van der Waals surface area contributed by atoms with Crippen LogP contribution in [0.3, 0.4) is 0 Å². The van der Waals surface area contributed by atoms with Crippen molar-refractivity contribution in [3.05, 3.63) is 62.3 Å². The van der Waals surface area contributed by atoms with Crippen molar-refractivity contribution in [3.63, 3.8) is 0 Å². The highest BCUT2D eigenvalue weighted by atomic mass is 79.9. The van der Waals surface area contributed by atoms with Crippen molar-refractivity contribution < 1.29 is 37.2 Å². The molecule has 0 unspecified atom stereocenters. The third kappa shape index (κ3) is 5.19. The number of pyridine rings is 1. The number of nitrogens with two attached hydrogens (primary N) is 1. The van der Waals surface area contributed by atoms with Crippen LogP contribution >= 0.6 is 28.1 Å². The number of hydrogen-bond acceptors (Lipinski definition) is 6. The zero-order valence-electron chi connectivity index (χ0n) is 17.1. The summed E-state index contributed by atoms with van der Waals surface area (Å²) in [6, 6.07) is 9.95. The van der Waals surface area contributed by atoms with Crippen LogP contribution in [0.4, 0.5) is 17.2 Å². The Labute approximate surface area is 208 Å². The van der Waals surface area contributed by atoms with Gasteiger partial charge in [0.1, 0.15) is 16.2 Å². The molecule has 2 amide bonds. The topological polar surface area (TPSA) is 127 Å². The molecule has 172 valence electrons. The summed E-state index contributed by atoms with van der Waals surface area (Å²) in [6.45, 7) is 3.21. The van der Waals surface area contributed by atoms with Gasteiger partial charge in [-0.1, -0.05) is 22.0 Å². The summed E-state index contributed by atoms with van der Waals surface area (Å²) in [7, 11) is 0. The summed E-state index contributed by atoms with van der Waals surface area (Å²) in [5.41, 5.74) is 1.29. The van der Waals surface area contributed by atoms with Crippen LogP contribution in [-0.2, 0) is 9.59 Å². The Hall–Kier alpha value is -2.93. The number of quaternary nitrogens is 1. The number of carbonyl (C=O) groups excluding carboxylic acids is 2. The highest BCUT2D eigenvalue weighted by Crippen LogP contribution is 2.27. The first-order valence-electron chi connectivity index (χ1n) is 9.79. The van der Waals surface area contributed by atoms with Gasteiger partial charge in [0.05, 0.1) is 37.9 Å². The normalized spacial score (nSPS) is 17.6. The first-order valence-corrected chi connectivity index (χ1v) is 11.0. The largest absolute Gasteiger partial charge is 1.00 e. The lowest BCUT2D eigenvalue weighted by molar-refractivity contribution is -0.655. The molecule has 1 aromatic carbocycles. The van der Waals surface area contributed by atoms with Crippen molar-refractivity contribution >= 4 is 68.3 Å². The Morgan fingerprint density at radius 3 is 2.61 bits per heavy atom. The van der Waals surface area contributed by atoms with E-state index in [2.05, 4.69) is 36.4 Å². The lowest BCUT2D eigenvalue weighted by Crippen LogP contribution is -3.00. The maximum atomic E-state index is 13.3. The van der Waals surface area contributed by atoms with Crippen LogP contribution < -0.4 is 37.8 Å². The maximum absolute atomic E-state index is 13.3. The molecule has 0 radical (unpaired) electrons. The van der Waals surface area contributed by atoms with Crippen LogP contribution in [0.15, 0.2) is 46.4 Å². The van der Waals surface area contributed by atoms with E-state index in [0.717, 1.165) is 30.7 Å². The molecule has 4 rings (SSSR count). The molecule has 4 N–H and O–H groups in total. The second-order valence-corrected chi connectivity index (χ2v) is 8.49. The summed E-state index contributed by atoms with van der Waals surface area (Å²) >= 11 is 8.59. The van der Waals surface area contributed by atoms with Gasteiger partial charge in [-0.15, -0.1) is 4.98 Å². The van der Waals surface area contributed by atoms with Crippen molar-refractivity contribution in [1.82, 2.24) is 5.32 Å². The van der Waals surface area contributed by atoms with Crippen molar-refractivity contribution in [2.45, 2.75) is 0 Å². The number of anilines is 2. The molecule has 2 saturated heterocycles. The van der Waals surface area contributed by atoms with E-state index in [0.29, 0.717) is 17.1 Å². The number of piperazine rings is 1. The van der Waals surface area contributed by atoms with Crippen LogP contribution in [0.2, 0.25) is 0 Å². The van der Waals surface area contributed by atoms with E-state index in [1.54, 1.807) is 30.3 Å². The van der Waals surface area contributed by atoms with Crippen LogP contribution in [0.25, 0.3) is 6.08 Å². The number of nitro groups is 1. The predicted octanol–water partition coefficient (Wildman–Crippen LogP) is -2.61. The number of nitrogens with one attached hydrogen (secondary N) is 2. The summed E-state index contributed by atoms with van der Waals surface area (Å²) in [6.07, 6.45) is 1.35. The quantitative estimate of drug-likeness (QED) is 0.140. The number of rotatable bonds is 4. The Balaban J connectivity index is 0.00000306. The van der Waals surface area contributed by atoms with Gasteiger partial charge in [0.2, 0.25) is 5.69 Å². The predicted molar refractivity (Wildman–Crippen MR) is 124 cm³/mol. The van der Waals surface area contributed by atoms with E-state index in [-0.39, 0.29) is 28.9 Å². The fourth-order valence-electron chi connectivity index (χ4n) is 3.63. The highest BCUT2D eigenvalue weighted by molar-refractivity contribution is 9.10. The van der Waals surface area contributed by atoms with Crippen LogP contribution in [0.5, 0.6) is 0 Å². The van der Waals surface area contributed by atoms with Gasteiger partial charge in [0.15, 0.2) is 5.11 Å². The molecule has 0 atom stereocenters. The summed E-state index contributed by atoms with van der Waals surface area (Å²) in [4.78, 5) is 42.8. The summed E-state index contributed by atoms with van der Waals surface area (Å²) in [5, 5.41) is 16.0. The first-order chi connectivity index (χ1) is 15.3.